The van der Waals surface area contributed by atoms with Gasteiger partial charge in [0.05, 0.1) is 17.9 Å². The van der Waals surface area contributed by atoms with Crippen LogP contribution in [0.15, 0.2) is 18.2 Å². The van der Waals surface area contributed by atoms with Gasteiger partial charge in [-0.1, -0.05) is 6.07 Å². The van der Waals surface area contributed by atoms with Crippen LogP contribution >= 0.6 is 0 Å². The van der Waals surface area contributed by atoms with Crippen molar-refractivity contribution in [3.8, 4) is 11.5 Å². The number of hydrogen-bond acceptors (Lipinski definition) is 4. The van der Waals surface area contributed by atoms with Crippen LogP contribution in [0.4, 0.5) is 0 Å². The first-order valence-corrected chi connectivity index (χ1v) is 6.49. The molecule has 1 saturated carbocycles. The van der Waals surface area contributed by atoms with Gasteiger partial charge in [0, 0.05) is 0 Å². The summed E-state index contributed by atoms with van der Waals surface area (Å²) in [6, 6.07) is 5.29. The maximum absolute atomic E-state index is 11.9. The highest BCUT2D eigenvalue weighted by atomic mass is 16.7. The number of benzene rings is 1. The standard InChI is InChI=1S/C14H15NO5/c1-7(15-13(16)9-5-10(9)14(17)18)8-2-3-11-12(4-8)20-6-19-11/h2-4,7,9-10H,5-6H2,1H3,(H,15,16)(H,17,18)/t7?,9-,10+/m1/s1. The number of carboxylic acid groups (broad SMARTS) is 1. The lowest BCUT2D eigenvalue weighted by atomic mass is 10.1. The number of hydrogen-bond donors (Lipinski definition) is 2. The van der Waals surface area contributed by atoms with Gasteiger partial charge in [-0.25, -0.2) is 0 Å². The highest BCUT2D eigenvalue weighted by molar-refractivity contribution is 5.89. The molecule has 3 rings (SSSR count). The molecule has 2 N–H and O–H groups in total. The number of ether oxygens (including phenoxy) is 2. The fourth-order valence-corrected chi connectivity index (χ4v) is 2.34. The van der Waals surface area contributed by atoms with Crippen molar-refractivity contribution in [2.75, 3.05) is 6.79 Å². The summed E-state index contributed by atoms with van der Waals surface area (Å²) in [4.78, 5) is 22.7. The zero-order valence-corrected chi connectivity index (χ0v) is 11.0. The van der Waals surface area contributed by atoms with Gasteiger partial charge >= 0.3 is 5.97 Å². The summed E-state index contributed by atoms with van der Waals surface area (Å²) in [5.41, 5.74) is 0.898. The molecule has 0 radical (unpaired) electrons. The largest absolute Gasteiger partial charge is 0.481 e. The first-order valence-electron chi connectivity index (χ1n) is 6.49. The number of nitrogens with one attached hydrogen (secondary N) is 1. The Kier molecular flexibility index (Phi) is 3.00. The molecule has 2 aliphatic rings. The highest BCUT2D eigenvalue weighted by Gasteiger charge is 2.48. The number of carbonyl (C=O) groups is 2. The Hall–Kier alpha value is -2.24. The SMILES string of the molecule is CC(NC(=O)[C@@H]1C[C@@H]1C(=O)O)c1ccc2c(c1)OCO2. The molecular formula is C14H15NO5. The molecular weight excluding hydrogens is 262 g/mol. The molecule has 1 aromatic carbocycles. The van der Waals surface area contributed by atoms with Crippen molar-refractivity contribution in [2.24, 2.45) is 11.8 Å². The molecule has 1 aromatic rings. The van der Waals surface area contributed by atoms with Crippen molar-refractivity contribution in [1.82, 2.24) is 5.32 Å². The van der Waals surface area contributed by atoms with Crippen LogP contribution in [0.2, 0.25) is 0 Å². The van der Waals surface area contributed by atoms with Crippen LogP contribution in [0, 0.1) is 11.8 Å². The number of fused-ring (bicyclic) bond motifs is 1. The van der Waals surface area contributed by atoms with Gasteiger partial charge < -0.3 is 19.9 Å². The van der Waals surface area contributed by atoms with E-state index in [1.807, 2.05) is 19.1 Å². The van der Waals surface area contributed by atoms with Gasteiger partial charge in [-0.05, 0) is 31.0 Å². The fraction of sp³-hybridized carbons (Fsp3) is 0.429. The van der Waals surface area contributed by atoms with E-state index in [0.717, 1.165) is 5.56 Å². The smallest absolute Gasteiger partial charge is 0.307 e. The zero-order valence-electron chi connectivity index (χ0n) is 11.0. The van der Waals surface area contributed by atoms with E-state index in [2.05, 4.69) is 5.32 Å². The third-order valence-corrected chi connectivity index (χ3v) is 3.70. The van der Waals surface area contributed by atoms with Crippen molar-refractivity contribution >= 4 is 11.9 Å². The molecule has 1 aliphatic carbocycles. The second-order valence-electron chi connectivity index (χ2n) is 5.13. The van der Waals surface area contributed by atoms with Gasteiger partial charge in [0.2, 0.25) is 12.7 Å². The summed E-state index contributed by atoms with van der Waals surface area (Å²) in [5.74, 6) is -0.676. The number of amides is 1. The lowest BCUT2D eigenvalue weighted by Crippen LogP contribution is -2.29. The minimum Gasteiger partial charge on any atom is -0.481 e. The van der Waals surface area contributed by atoms with Gasteiger partial charge in [-0.15, -0.1) is 0 Å². The maximum atomic E-state index is 11.9. The van der Waals surface area contributed by atoms with E-state index in [1.54, 1.807) is 6.07 Å². The number of rotatable bonds is 4. The van der Waals surface area contributed by atoms with Crippen LogP contribution in [0.25, 0.3) is 0 Å². The molecule has 106 valence electrons. The Labute approximate surface area is 115 Å². The van der Waals surface area contributed by atoms with Crippen molar-refractivity contribution in [2.45, 2.75) is 19.4 Å². The van der Waals surface area contributed by atoms with E-state index in [9.17, 15) is 9.59 Å². The van der Waals surface area contributed by atoms with E-state index in [4.69, 9.17) is 14.6 Å². The molecule has 0 bridgehead atoms. The van der Waals surface area contributed by atoms with E-state index >= 15 is 0 Å². The van der Waals surface area contributed by atoms with Gasteiger partial charge in [-0.3, -0.25) is 9.59 Å². The summed E-state index contributed by atoms with van der Waals surface area (Å²) in [7, 11) is 0. The Morgan fingerprint density at radius 1 is 1.30 bits per heavy atom. The van der Waals surface area contributed by atoms with Crippen LogP contribution in [0.5, 0.6) is 11.5 Å². The quantitative estimate of drug-likeness (QED) is 0.866. The molecule has 0 spiro atoms. The van der Waals surface area contributed by atoms with Gasteiger partial charge in [0.1, 0.15) is 0 Å². The summed E-state index contributed by atoms with van der Waals surface area (Å²) in [5, 5.41) is 11.7. The first-order chi connectivity index (χ1) is 9.56. The molecule has 1 heterocycles. The molecule has 0 aromatic heterocycles. The molecule has 1 fully saturated rings. The van der Waals surface area contributed by atoms with Crippen LogP contribution < -0.4 is 14.8 Å². The molecule has 6 nitrogen and oxygen atoms in total. The number of aliphatic carboxylic acids is 1. The maximum Gasteiger partial charge on any atom is 0.307 e. The minimum absolute atomic E-state index is 0.202. The highest BCUT2D eigenvalue weighted by Crippen LogP contribution is 2.39. The van der Waals surface area contributed by atoms with E-state index in [0.29, 0.717) is 17.9 Å². The van der Waals surface area contributed by atoms with E-state index < -0.39 is 17.8 Å². The molecule has 1 amide bonds. The summed E-state index contributed by atoms with van der Waals surface area (Å²) in [6.07, 6.45) is 0.426. The van der Waals surface area contributed by atoms with Crippen LogP contribution in [0.1, 0.15) is 24.9 Å². The monoisotopic (exact) mass is 277 g/mol. The molecule has 3 atom stereocenters. The molecule has 6 heteroatoms. The molecule has 1 unspecified atom stereocenters. The number of carboxylic acids is 1. The van der Waals surface area contributed by atoms with Gasteiger partial charge in [0.15, 0.2) is 11.5 Å². The van der Waals surface area contributed by atoms with Crippen molar-refractivity contribution in [1.29, 1.82) is 0 Å². The van der Waals surface area contributed by atoms with Crippen LogP contribution in [-0.2, 0) is 9.59 Å². The summed E-state index contributed by atoms with van der Waals surface area (Å²) < 4.78 is 10.5. The van der Waals surface area contributed by atoms with Crippen molar-refractivity contribution in [3.63, 3.8) is 0 Å². The second-order valence-corrected chi connectivity index (χ2v) is 5.13. The Morgan fingerprint density at radius 2 is 2.05 bits per heavy atom. The van der Waals surface area contributed by atoms with Crippen LogP contribution in [0.3, 0.4) is 0 Å². The average Bonchev–Trinajstić information content (AvgIpc) is 3.09. The molecule has 0 saturated heterocycles. The van der Waals surface area contributed by atoms with Crippen molar-refractivity contribution in [3.05, 3.63) is 23.8 Å². The van der Waals surface area contributed by atoms with E-state index in [1.165, 1.54) is 0 Å². The number of carbonyl (C=O) groups excluding carboxylic acids is 1. The fourth-order valence-electron chi connectivity index (χ4n) is 2.34. The first kappa shape index (κ1) is 12.8. The normalized spacial score (nSPS) is 24.1. The summed E-state index contributed by atoms with van der Waals surface area (Å²) in [6.45, 7) is 2.06. The lowest BCUT2D eigenvalue weighted by molar-refractivity contribution is -0.140. The zero-order chi connectivity index (χ0) is 14.3. The minimum atomic E-state index is -0.902. The summed E-state index contributed by atoms with van der Waals surface area (Å²) >= 11 is 0. The lowest BCUT2D eigenvalue weighted by Gasteiger charge is -2.14. The van der Waals surface area contributed by atoms with Crippen molar-refractivity contribution < 1.29 is 24.2 Å². The van der Waals surface area contributed by atoms with Crippen LogP contribution in [-0.4, -0.2) is 23.8 Å². The Bertz CT molecular complexity index is 571. The third-order valence-electron chi connectivity index (χ3n) is 3.70. The Balaban J connectivity index is 1.63. The molecule has 20 heavy (non-hydrogen) atoms. The predicted molar refractivity (Wildman–Crippen MR) is 68.4 cm³/mol. The van der Waals surface area contributed by atoms with E-state index in [-0.39, 0.29) is 18.7 Å². The predicted octanol–water partition coefficient (Wildman–Crippen LogP) is 1.31. The average molecular weight is 277 g/mol. The third kappa shape index (κ3) is 2.29. The van der Waals surface area contributed by atoms with Gasteiger partial charge in [-0.2, -0.15) is 0 Å². The topological polar surface area (TPSA) is 84.9 Å². The Morgan fingerprint density at radius 3 is 2.75 bits per heavy atom. The second kappa shape index (κ2) is 4.70. The van der Waals surface area contributed by atoms with Gasteiger partial charge in [0.25, 0.3) is 0 Å². The molecule has 1 aliphatic heterocycles.